The van der Waals surface area contributed by atoms with Crippen LogP contribution in [0.1, 0.15) is 10.4 Å². The number of hydrogen-bond acceptors (Lipinski definition) is 4. The van der Waals surface area contributed by atoms with Gasteiger partial charge in [-0.1, -0.05) is 0 Å². The molecule has 1 amide bonds. The summed E-state index contributed by atoms with van der Waals surface area (Å²) in [6.07, 6.45) is 1.17. The molecule has 0 saturated heterocycles. The molecule has 21 heavy (non-hydrogen) atoms. The summed E-state index contributed by atoms with van der Waals surface area (Å²) in [5, 5.41) is 7.52. The lowest BCUT2D eigenvalue weighted by Crippen LogP contribution is -2.14. The van der Waals surface area contributed by atoms with Gasteiger partial charge in [-0.15, -0.1) is 0 Å². The monoisotopic (exact) mass is 373 g/mol. The van der Waals surface area contributed by atoms with E-state index in [0.717, 1.165) is 6.07 Å². The Balaban J connectivity index is 2.26. The lowest BCUT2D eigenvalue weighted by molar-refractivity contribution is 0.102. The molecule has 0 spiro atoms. The number of hydrogen-bond donors (Lipinski definition) is 2. The van der Waals surface area contributed by atoms with Gasteiger partial charge in [0.15, 0.2) is 0 Å². The van der Waals surface area contributed by atoms with Crippen molar-refractivity contribution >= 4 is 37.5 Å². The molecule has 1 aromatic carbocycles. The van der Waals surface area contributed by atoms with Gasteiger partial charge in [-0.05, 0) is 40.2 Å². The lowest BCUT2D eigenvalue weighted by atomic mass is 10.2. The zero-order valence-electron chi connectivity index (χ0n) is 10.4. The highest BCUT2D eigenvalue weighted by molar-refractivity contribution is 9.10. The smallest absolute Gasteiger partial charge is 0.255 e. The van der Waals surface area contributed by atoms with Gasteiger partial charge in [-0.2, -0.15) is 4.39 Å². The SMILES string of the molecule is NS(=O)(=O)c1ccc(NC(=O)c2ccnc(F)c2)c(Br)c1. The minimum atomic E-state index is -3.83. The van der Waals surface area contributed by atoms with Crippen LogP contribution >= 0.6 is 15.9 Å². The van der Waals surface area contributed by atoms with E-state index in [4.69, 9.17) is 5.14 Å². The third-order valence-electron chi connectivity index (χ3n) is 2.51. The number of nitrogens with zero attached hydrogens (tertiary/aromatic N) is 1. The molecule has 2 aromatic rings. The van der Waals surface area contributed by atoms with Crippen LogP contribution in [-0.2, 0) is 10.0 Å². The van der Waals surface area contributed by atoms with Crippen LogP contribution in [0.25, 0.3) is 0 Å². The van der Waals surface area contributed by atoms with Crippen LogP contribution in [0.15, 0.2) is 45.9 Å². The first-order chi connectivity index (χ1) is 9.77. The molecule has 6 nitrogen and oxygen atoms in total. The summed E-state index contributed by atoms with van der Waals surface area (Å²) in [6, 6.07) is 6.23. The van der Waals surface area contributed by atoms with Crippen LogP contribution in [0.5, 0.6) is 0 Å². The van der Waals surface area contributed by atoms with Crippen molar-refractivity contribution in [1.82, 2.24) is 4.98 Å². The first kappa shape index (κ1) is 15.5. The number of nitrogens with one attached hydrogen (secondary N) is 1. The average Bonchev–Trinajstić information content (AvgIpc) is 2.39. The van der Waals surface area contributed by atoms with Crippen molar-refractivity contribution in [3.8, 4) is 0 Å². The average molecular weight is 374 g/mol. The zero-order valence-corrected chi connectivity index (χ0v) is 12.8. The van der Waals surface area contributed by atoms with E-state index in [2.05, 4.69) is 26.2 Å². The third-order valence-corrected chi connectivity index (χ3v) is 4.07. The first-order valence-electron chi connectivity index (χ1n) is 5.52. The van der Waals surface area contributed by atoms with Crippen molar-refractivity contribution in [2.45, 2.75) is 4.90 Å². The van der Waals surface area contributed by atoms with Gasteiger partial charge in [-0.25, -0.2) is 18.5 Å². The summed E-state index contributed by atoms with van der Waals surface area (Å²) in [4.78, 5) is 15.2. The van der Waals surface area contributed by atoms with Gasteiger partial charge in [0.25, 0.3) is 5.91 Å². The molecular weight excluding hydrogens is 365 g/mol. The summed E-state index contributed by atoms with van der Waals surface area (Å²) in [5.74, 6) is -1.33. The molecule has 3 N–H and O–H groups in total. The Morgan fingerprint density at radius 2 is 2.00 bits per heavy atom. The van der Waals surface area contributed by atoms with Crippen LogP contribution in [0, 0.1) is 5.95 Å². The molecule has 0 bridgehead atoms. The van der Waals surface area contributed by atoms with Crippen LogP contribution in [0.2, 0.25) is 0 Å². The number of anilines is 1. The fourth-order valence-corrected chi connectivity index (χ4v) is 2.68. The standard InChI is InChI=1S/C12H9BrFN3O3S/c13-9-6-8(21(15,19)20)1-2-10(9)17-12(18)7-3-4-16-11(14)5-7/h1-6H,(H,17,18)(H2,15,19,20). The van der Waals surface area contributed by atoms with E-state index in [9.17, 15) is 17.6 Å². The molecule has 0 aliphatic rings. The molecule has 0 aliphatic carbocycles. The van der Waals surface area contributed by atoms with Gasteiger partial charge in [0, 0.05) is 22.3 Å². The Labute approximate surface area is 128 Å². The van der Waals surface area contributed by atoms with Gasteiger partial charge in [-0.3, -0.25) is 4.79 Å². The maximum atomic E-state index is 12.9. The largest absolute Gasteiger partial charge is 0.321 e. The zero-order chi connectivity index (χ0) is 15.6. The second kappa shape index (κ2) is 5.88. The summed E-state index contributed by atoms with van der Waals surface area (Å²) >= 11 is 3.13. The quantitative estimate of drug-likeness (QED) is 0.801. The van der Waals surface area contributed by atoms with E-state index in [1.807, 2.05) is 0 Å². The predicted molar refractivity (Wildman–Crippen MR) is 77.7 cm³/mol. The normalized spacial score (nSPS) is 11.2. The number of carbonyl (C=O) groups excluding carboxylic acids is 1. The Kier molecular flexibility index (Phi) is 4.35. The summed E-state index contributed by atoms with van der Waals surface area (Å²) in [6.45, 7) is 0. The van der Waals surface area contributed by atoms with E-state index in [-0.39, 0.29) is 10.5 Å². The summed E-state index contributed by atoms with van der Waals surface area (Å²) < 4.78 is 35.7. The van der Waals surface area contributed by atoms with Crippen LogP contribution in [-0.4, -0.2) is 19.3 Å². The molecule has 1 aromatic heterocycles. The number of carbonyl (C=O) groups is 1. The first-order valence-corrected chi connectivity index (χ1v) is 7.86. The topological polar surface area (TPSA) is 102 Å². The maximum absolute atomic E-state index is 12.9. The highest BCUT2D eigenvalue weighted by atomic mass is 79.9. The molecule has 0 fully saturated rings. The fourth-order valence-electron chi connectivity index (χ4n) is 1.51. The minimum absolute atomic E-state index is 0.0879. The van der Waals surface area contributed by atoms with E-state index in [1.54, 1.807) is 0 Å². The van der Waals surface area contributed by atoms with Crippen molar-refractivity contribution in [3.05, 3.63) is 52.5 Å². The van der Waals surface area contributed by atoms with E-state index in [0.29, 0.717) is 10.2 Å². The minimum Gasteiger partial charge on any atom is -0.321 e. The number of rotatable bonds is 3. The Morgan fingerprint density at radius 3 is 2.57 bits per heavy atom. The number of sulfonamides is 1. The Morgan fingerprint density at radius 1 is 1.29 bits per heavy atom. The Hall–Kier alpha value is -1.84. The highest BCUT2D eigenvalue weighted by Crippen LogP contribution is 2.25. The molecule has 0 radical (unpaired) electrons. The molecular formula is C12H9BrFN3O3S. The van der Waals surface area contributed by atoms with E-state index >= 15 is 0 Å². The van der Waals surface area contributed by atoms with Crippen molar-refractivity contribution in [2.75, 3.05) is 5.32 Å². The van der Waals surface area contributed by atoms with Crippen molar-refractivity contribution in [3.63, 3.8) is 0 Å². The van der Waals surface area contributed by atoms with Crippen LogP contribution < -0.4 is 10.5 Å². The molecule has 0 atom stereocenters. The van der Waals surface area contributed by atoms with Crippen molar-refractivity contribution in [2.24, 2.45) is 5.14 Å². The maximum Gasteiger partial charge on any atom is 0.255 e. The van der Waals surface area contributed by atoms with E-state index < -0.39 is 21.9 Å². The summed E-state index contributed by atoms with van der Waals surface area (Å²) in [7, 11) is -3.83. The Bertz CT molecular complexity index is 811. The number of amides is 1. The molecule has 110 valence electrons. The number of nitrogens with two attached hydrogens (primary N) is 1. The highest BCUT2D eigenvalue weighted by Gasteiger charge is 2.13. The third kappa shape index (κ3) is 3.84. The van der Waals surface area contributed by atoms with Gasteiger partial charge >= 0.3 is 0 Å². The number of halogens is 2. The van der Waals surface area contributed by atoms with Gasteiger partial charge in [0.1, 0.15) is 0 Å². The van der Waals surface area contributed by atoms with E-state index in [1.165, 1.54) is 30.5 Å². The number of aromatic nitrogens is 1. The number of primary sulfonamides is 1. The predicted octanol–water partition coefficient (Wildman–Crippen LogP) is 1.88. The molecule has 0 unspecified atom stereocenters. The van der Waals surface area contributed by atoms with Crippen molar-refractivity contribution < 1.29 is 17.6 Å². The van der Waals surface area contributed by atoms with Gasteiger partial charge in [0.2, 0.25) is 16.0 Å². The lowest BCUT2D eigenvalue weighted by Gasteiger charge is -2.08. The fraction of sp³-hybridized carbons (Fsp3) is 0. The molecule has 9 heteroatoms. The molecule has 0 saturated carbocycles. The second-order valence-electron chi connectivity index (χ2n) is 4.01. The molecule has 1 heterocycles. The van der Waals surface area contributed by atoms with Gasteiger partial charge in [0.05, 0.1) is 10.6 Å². The number of pyridine rings is 1. The van der Waals surface area contributed by atoms with Crippen molar-refractivity contribution in [1.29, 1.82) is 0 Å². The summed E-state index contributed by atoms with van der Waals surface area (Å²) in [5.41, 5.74) is 0.412. The van der Waals surface area contributed by atoms with Crippen LogP contribution in [0.3, 0.4) is 0 Å². The van der Waals surface area contributed by atoms with Gasteiger partial charge < -0.3 is 5.32 Å². The second-order valence-corrected chi connectivity index (χ2v) is 6.42. The number of benzene rings is 1. The molecule has 0 aliphatic heterocycles. The van der Waals surface area contributed by atoms with Crippen LogP contribution in [0.4, 0.5) is 10.1 Å². The molecule has 2 rings (SSSR count).